The van der Waals surface area contributed by atoms with Gasteiger partial charge in [0, 0.05) is 19.5 Å². The summed E-state index contributed by atoms with van der Waals surface area (Å²) >= 11 is 0. The van der Waals surface area contributed by atoms with E-state index >= 15 is 0 Å². The van der Waals surface area contributed by atoms with Crippen LogP contribution in [0.4, 0.5) is 0 Å². The lowest BCUT2D eigenvalue weighted by Gasteiger charge is -2.31. The van der Waals surface area contributed by atoms with Gasteiger partial charge in [0.15, 0.2) is 0 Å². The highest BCUT2D eigenvalue weighted by atomic mass is 16.4. The summed E-state index contributed by atoms with van der Waals surface area (Å²) in [4.78, 5) is 23.0. The van der Waals surface area contributed by atoms with Gasteiger partial charge in [-0.25, -0.2) is 0 Å². The van der Waals surface area contributed by atoms with Crippen molar-refractivity contribution < 1.29 is 14.7 Å². The van der Waals surface area contributed by atoms with Crippen LogP contribution < -0.4 is 10.6 Å². The Bertz CT molecular complexity index is 368. The van der Waals surface area contributed by atoms with Crippen LogP contribution in [0.25, 0.3) is 0 Å². The lowest BCUT2D eigenvalue weighted by molar-refractivity contribution is -0.137. The fourth-order valence-electron chi connectivity index (χ4n) is 2.89. The summed E-state index contributed by atoms with van der Waals surface area (Å²) < 4.78 is 0. The highest BCUT2D eigenvalue weighted by Gasteiger charge is 2.36. The third-order valence-electron chi connectivity index (χ3n) is 4.63. The number of carbonyl (C=O) groups is 2. The molecule has 5 heteroatoms. The van der Waals surface area contributed by atoms with Crippen molar-refractivity contribution in [3.05, 3.63) is 0 Å². The molecule has 1 aliphatic heterocycles. The first-order chi connectivity index (χ1) is 9.65. The average molecular weight is 298 g/mol. The van der Waals surface area contributed by atoms with Gasteiger partial charge in [-0.2, -0.15) is 0 Å². The van der Waals surface area contributed by atoms with Gasteiger partial charge in [-0.3, -0.25) is 9.59 Å². The zero-order valence-corrected chi connectivity index (χ0v) is 13.8. The van der Waals surface area contributed by atoms with Crippen molar-refractivity contribution in [1.82, 2.24) is 10.6 Å². The summed E-state index contributed by atoms with van der Waals surface area (Å²) in [5, 5.41) is 15.1. The second-order valence-electron chi connectivity index (χ2n) is 7.53. The fraction of sp³-hybridized carbons (Fsp3) is 0.875. The molecule has 0 aromatic carbocycles. The van der Waals surface area contributed by atoms with Gasteiger partial charge >= 0.3 is 5.97 Å². The van der Waals surface area contributed by atoms with E-state index in [1.807, 2.05) is 6.92 Å². The second-order valence-corrected chi connectivity index (χ2v) is 7.53. The molecule has 0 aromatic heterocycles. The summed E-state index contributed by atoms with van der Waals surface area (Å²) in [7, 11) is 0. The lowest BCUT2D eigenvalue weighted by Crippen LogP contribution is -2.41. The normalized spacial score (nSPS) is 23.8. The number of hydrogen-bond donors (Lipinski definition) is 3. The smallest absolute Gasteiger partial charge is 0.303 e. The number of aliphatic carboxylic acids is 1. The first kappa shape index (κ1) is 18.0. The minimum absolute atomic E-state index is 0.0546. The molecule has 1 saturated heterocycles. The van der Waals surface area contributed by atoms with Gasteiger partial charge in [0.1, 0.15) is 0 Å². The van der Waals surface area contributed by atoms with Crippen LogP contribution >= 0.6 is 0 Å². The highest BCUT2D eigenvalue weighted by molar-refractivity contribution is 5.82. The molecule has 0 aliphatic carbocycles. The molecule has 122 valence electrons. The standard InChI is InChI=1S/C16H30N2O3/c1-15(2,3)12(5-6-13(19)20)7-9-18-14(21)16(4)8-10-17-11-16/h12,17H,5-11H2,1-4H3,(H,18,21)(H,19,20). The van der Waals surface area contributed by atoms with Crippen LogP contribution in [0.1, 0.15) is 53.4 Å². The molecule has 5 nitrogen and oxygen atoms in total. The fourth-order valence-corrected chi connectivity index (χ4v) is 2.89. The van der Waals surface area contributed by atoms with Crippen LogP contribution in [0.5, 0.6) is 0 Å². The molecule has 1 rings (SSSR count). The van der Waals surface area contributed by atoms with Crippen molar-refractivity contribution >= 4 is 11.9 Å². The molecule has 1 aliphatic rings. The lowest BCUT2D eigenvalue weighted by atomic mass is 9.76. The van der Waals surface area contributed by atoms with E-state index in [0.29, 0.717) is 18.9 Å². The van der Waals surface area contributed by atoms with Crippen LogP contribution in [-0.4, -0.2) is 36.6 Å². The van der Waals surface area contributed by atoms with E-state index in [1.54, 1.807) is 0 Å². The Balaban J connectivity index is 2.42. The predicted octanol–water partition coefficient (Wildman–Crippen LogP) is 2.02. The van der Waals surface area contributed by atoms with E-state index in [0.717, 1.165) is 25.9 Å². The SMILES string of the molecule is CC1(C(=O)NCCC(CCC(=O)O)C(C)(C)C)CCNC1. The minimum atomic E-state index is -0.752. The number of rotatable bonds is 7. The first-order valence-corrected chi connectivity index (χ1v) is 7.86. The third kappa shape index (κ3) is 5.65. The zero-order chi connectivity index (χ0) is 16.1. The number of carboxylic acid groups (broad SMARTS) is 1. The molecule has 0 radical (unpaired) electrons. The molecule has 0 spiro atoms. The molecule has 3 N–H and O–H groups in total. The molecular formula is C16H30N2O3. The van der Waals surface area contributed by atoms with E-state index in [4.69, 9.17) is 5.11 Å². The third-order valence-corrected chi connectivity index (χ3v) is 4.63. The van der Waals surface area contributed by atoms with Crippen molar-refractivity contribution in [2.45, 2.75) is 53.4 Å². The maximum atomic E-state index is 12.2. The number of carbonyl (C=O) groups excluding carboxylic acids is 1. The second kappa shape index (κ2) is 7.25. The Kier molecular flexibility index (Phi) is 6.20. The zero-order valence-electron chi connectivity index (χ0n) is 13.8. The van der Waals surface area contributed by atoms with Crippen LogP contribution in [0.15, 0.2) is 0 Å². The summed E-state index contributed by atoms with van der Waals surface area (Å²) in [6, 6.07) is 0. The van der Waals surface area contributed by atoms with Gasteiger partial charge in [-0.1, -0.05) is 20.8 Å². The molecule has 1 heterocycles. The molecular weight excluding hydrogens is 268 g/mol. The van der Waals surface area contributed by atoms with E-state index in [9.17, 15) is 9.59 Å². The van der Waals surface area contributed by atoms with E-state index < -0.39 is 5.97 Å². The van der Waals surface area contributed by atoms with Crippen molar-refractivity contribution in [2.24, 2.45) is 16.7 Å². The summed E-state index contributed by atoms with van der Waals surface area (Å²) in [5.74, 6) is -0.348. The first-order valence-electron chi connectivity index (χ1n) is 7.86. The topological polar surface area (TPSA) is 78.4 Å². The van der Waals surface area contributed by atoms with E-state index in [2.05, 4.69) is 31.4 Å². The molecule has 21 heavy (non-hydrogen) atoms. The Hall–Kier alpha value is -1.10. The predicted molar refractivity (Wildman–Crippen MR) is 83.0 cm³/mol. The van der Waals surface area contributed by atoms with Crippen LogP contribution in [-0.2, 0) is 9.59 Å². The van der Waals surface area contributed by atoms with Gasteiger partial charge < -0.3 is 15.7 Å². The number of carboxylic acids is 1. The van der Waals surface area contributed by atoms with Gasteiger partial charge in [0.25, 0.3) is 0 Å². The molecule has 0 bridgehead atoms. The van der Waals surface area contributed by atoms with Crippen molar-refractivity contribution in [2.75, 3.05) is 19.6 Å². The van der Waals surface area contributed by atoms with Crippen molar-refractivity contribution in [1.29, 1.82) is 0 Å². The van der Waals surface area contributed by atoms with Gasteiger partial charge in [-0.15, -0.1) is 0 Å². The Labute approximate surface area is 127 Å². The number of nitrogens with one attached hydrogen (secondary N) is 2. The molecule has 0 saturated carbocycles. The maximum Gasteiger partial charge on any atom is 0.303 e. The monoisotopic (exact) mass is 298 g/mol. The Morgan fingerprint density at radius 3 is 2.48 bits per heavy atom. The molecule has 2 unspecified atom stereocenters. The van der Waals surface area contributed by atoms with Crippen molar-refractivity contribution in [3.63, 3.8) is 0 Å². The van der Waals surface area contributed by atoms with Gasteiger partial charge in [0.2, 0.25) is 5.91 Å². The quantitative estimate of drug-likeness (QED) is 0.672. The number of amides is 1. The van der Waals surface area contributed by atoms with Crippen LogP contribution in [0.2, 0.25) is 0 Å². The molecule has 0 aromatic rings. The number of hydrogen-bond acceptors (Lipinski definition) is 3. The van der Waals surface area contributed by atoms with Gasteiger partial charge in [-0.05, 0) is 44.1 Å². The molecule has 1 fully saturated rings. The highest BCUT2D eigenvalue weighted by Crippen LogP contribution is 2.32. The molecule has 1 amide bonds. The summed E-state index contributed by atoms with van der Waals surface area (Å²) in [6.45, 7) is 10.6. The van der Waals surface area contributed by atoms with Crippen LogP contribution in [0, 0.1) is 16.7 Å². The Morgan fingerprint density at radius 1 is 1.33 bits per heavy atom. The largest absolute Gasteiger partial charge is 0.481 e. The molecule has 2 atom stereocenters. The van der Waals surface area contributed by atoms with Crippen molar-refractivity contribution in [3.8, 4) is 0 Å². The van der Waals surface area contributed by atoms with Gasteiger partial charge in [0.05, 0.1) is 5.41 Å². The Morgan fingerprint density at radius 2 is 2.00 bits per heavy atom. The summed E-state index contributed by atoms with van der Waals surface area (Å²) in [6.07, 6.45) is 2.55. The maximum absolute atomic E-state index is 12.2. The summed E-state index contributed by atoms with van der Waals surface area (Å²) in [5.41, 5.74) is -0.239. The average Bonchev–Trinajstić information content (AvgIpc) is 2.79. The van der Waals surface area contributed by atoms with Crippen LogP contribution in [0.3, 0.4) is 0 Å². The minimum Gasteiger partial charge on any atom is -0.481 e. The van der Waals surface area contributed by atoms with E-state index in [1.165, 1.54) is 0 Å². The van der Waals surface area contributed by atoms with E-state index in [-0.39, 0.29) is 23.2 Å².